The highest BCUT2D eigenvalue weighted by Gasteiger charge is 2.26. The zero-order chi connectivity index (χ0) is 20.9. The number of benzene rings is 3. The predicted octanol–water partition coefficient (Wildman–Crippen LogP) is 5.84. The van der Waals surface area contributed by atoms with Gasteiger partial charge in [0.15, 0.2) is 0 Å². The van der Waals surface area contributed by atoms with Crippen molar-refractivity contribution in [1.82, 2.24) is 0 Å². The first-order valence-electron chi connectivity index (χ1n) is 10.4. The molecule has 3 aromatic rings. The van der Waals surface area contributed by atoms with Crippen LogP contribution in [-0.4, -0.2) is 17.7 Å². The summed E-state index contributed by atoms with van der Waals surface area (Å²) < 4.78 is 11.7. The van der Waals surface area contributed by atoms with Crippen LogP contribution in [0.5, 0.6) is 11.5 Å². The maximum absolute atomic E-state index is 11.5. The van der Waals surface area contributed by atoms with Gasteiger partial charge in [0.2, 0.25) is 0 Å². The van der Waals surface area contributed by atoms with Crippen molar-refractivity contribution in [2.75, 3.05) is 6.61 Å². The number of aryl methyl sites for hydroxylation is 1. The van der Waals surface area contributed by atoms with Crippen LogP contribution in [0, 0.1) is 0 Å². The van der Waals surface area contributed by atoms with Gasteiger partial charge in [-0.05, 0) is 66.6 Å². The van der Waals surface area contributed by atoms with Gasteiger partial charge in [-0.1, -0.05) is 48.5 Å². The molecule has 1 N–H and O–H groups in total. The van der Waals surface area contributed by atoms with Crippen LogP contribution in [-0.2, 0) is 17.8 Å². The van der Waals surface area contributed by atoms with E-state index in [0.717, 1.165) is 52.2 Å². The lowest BCUT2D eigenvalue weighted by Crippen LogP contribution is -2.17. The van der Waals surface area contributed by atoms with E-state index in [2.05, 4.69) is 30.3 Å². The first-order valence-corrected chi connectivity index (χ1v) is 10.4. The molecule has 0 aromatic heterocycles. The lowest BCUT2D eigenvalue weighted by Gasteiger charge is -2.23. The fraction of sp³-hybridized carbons (Fsp3) is 0.269. The summed E-state index contributed by atoms with van der Waals surface area (Å²) in [5, 5.41) is 9.42. The third kappa shape index (κ3) is 4.33. The standard InChI is InChI=1S/C26H26O4/c1-2-29-25-9-4-3-7-23(25)19-12-10-18(11-13-19)17-30-21-14-15-22-20(16-21)6-5-8-24(22)26(27)28/h3-4,7,9-16,24H,2,5-6,8,17H2,1H3,(H,27,28). The summed E-state index contributed by atoms with van der Waals surface area (Å²) in [6, 6.07) is 22.1. The molecular formula is C26H26O4. The van der Waals surface area contributed by atoms with E-state index >= 15 is 0 Å². The Hall–Kier alpha value is -3.27. The van der Waals surface area contributed by atoms with E-state index in [1.165, 1.54) is 0 Å². The van der Waals surface area contributed by atoms with Crippen LogP contribution >= 0.6 is 0 Å². The second kappa shape index (κ2) is 9.04. The lowest BCUT2D eigenvalue weighted by molar-refractivity contribution is -0.139. The average Bonchev–Trinajstić information content (AvgIpc) is 2.78. The van der Waals surface area contributed by atoms with Crippen LogP contribution in [0.2, 0.25) is 0 Å². The van der Waals surface area contributed by atoms with Crippen LogP contribution < -0.4 is 9.47 Å². The molecule has 4 heteroatoms. The van der Waals surface area contributed by atoms with Crippen LogP contribution in [0.15, 0.2) is 66.7 Å². The number of hydrogen-bond donors (Lipinski definition) is 1. The molecule has 1 aliphatic rings. The Morgan fingerprint density at radius 1 is 1.03 bits per heavy atom. The van der Waals surface area contributed by atoms with Crippen molar-refractivity contribution >= 4 is 5.97 Å². The van der Waals surface area contributed by atoms with Gasteiger partial charge in [0.1, 0.15) is 18.1 Å². The summed E-state index contributed by atoms with van der Waals surface area (Å²) in [7, 11) is 0. The summed E-state index contributed by atoms with van der Waals surface area (Å²) in [5.74, 6) is 0.536. The van der Waals surface area contributed by atoms with Gasteiger partial charge in [0.25, 0.3) is 0 Å². The minimum Gasteiger partial charge on any atom is -0.493 e. The molecule has 0 heterocycles. The van der Waals surface area contributed by atoms with Gasteiger partial charge < -0.3 is 14.6 Å². The Labute approximate surface area is 177 Å². The fourth-order valence-electron chi connectivity index (χ4n) is 4.07. The summed E-state index contributed by atoms with van der Waals surface area (Å²) in [4.78, 5) is 11.5. The first-order chi connectivity index (χ1) is 14.7. The summed E-state index contributed by atoms with van der Waals surface area (Å²) in [5.41, 5.74) is 5.28. The second-order valence-corrected chi connectivity index (χ2v) is 7.56. The highest BCUT2D eigenvalue weighted by atomic mass is 16.5. The van der Waals surface area contributed by atoms with Gasteiger partial charge in [-0.15, -0.1) is 0 Å². The molecule has 3 aromatic carbocycles. The van der Waals surface area contributed by atoms with E-state index in [1.54, 1.807) is 0 Å². The number of ether oxygens (including phenoxy) is 2. The molecular weight excluding hydrogens is 376 g/mol. The molecule has 30 heavy (non-hydrogen) atoms. The normalized spacial score (nSPS) is 15.3. The largest absolute Gasteiger partial charge is 0.493 e. The van der Waals surface area contributed by atoms with Crippen molar-refractivity contribution in [3.63, 3.8) is 0 Å². The molecule has 0 spiro atoms. The molecule has 1 aliphatic carbocycles. The van der Waals surface area contributed by atoms with Gasteiger partial charge in [-0.3, -0.25) is 4.79 Å². The third-order valence-electron chi connectivity index (χ3n) is 5.58. The van der Waals surface area contributed by atoms with Crippen molar-refractivity contribution < 1.29 is 19.4 Å². The number of fused-ring (bicyclic) bond motifs is 1. The SMILES string of the molecule is CCOc1ccccc1-c1ccc(COc2ccc3c(c2)CCCC3C(=O)O)cc1. The van der Waals surface area contributed by atoms with Crippen molar-refractivity contribution in [3.8, 4) is 22.6 Å². The molecule has 0 saturated carbocycles. The van der Waals surface area contributed by atoms with Crippen LogP contribution in [0.3, 0.4) is 0 Å². The topological polar surface area (TPSA) is 55.8 Å². The van der Waals surface area contributed by atoms with Gasteiger partial charge in [0, 0.05) is 5.56 Å². The van der Waals surface area contributed by atoms with Crippen LogP contribution in [0.25, 0.3) is 11.1 Å². The van der Waals surface area contributed by atoms with E-state index in [-0.39, 0.29) is 0 Å². The highest BCUT2D eigenvalue weighted by molar-refractivity contribution is 5.77. The zero-order valence-corrected chi connectivity index (χ0v) is 17.1. The molecule has 0 amide bonds. The molecule has 154 valence electrons. The lowest BCUT2D eigenvalue weighted by atomic mass is 9.83. The Kier molecular flexibility index (Phi) is 6.03. The highest BCUT2D eigenvalue weighted by Crippen LogP contribution is 2.34. The molecule has 1 unspecified atom stereocenters. The summed E-state index contributed by atoms with van der Waals surface area (Å²) >= 11 is 0. The number of para-hydroxylation sites is 1. The van der Waals surface area contributed by atoms with Crippen LogP contribution in [0.4, 0.5) is 0 Å². The molecule has 0 aliphatic heterocycles. The van der Waals surface area contributed by atoms with Crippen molar-refractivity contribution in [2.24, 2.45) is 0 Å². The predicted molar refractivity (Wildman–Crippen MR) is 117 cm³/mol. The Bertz CT molecular complexity index is 1020. The van der Waals surface area contributed by atoms with Gasteiger partial charge in [0.05, 0.1) is 12.5 Å². The van der Waals surface area contributed by atoms with Gasteiger partial charge in [-0.2, -0.15) is 0 Å². The summed E-state index contributed by atoms with van der Waals surface area (Å²) in [6.07, 6.45) is 2.52. The minimum atomic E-state index is -0.740. The third-order valence-corrected chi connectivity index (χ3v) is 5.58. The number of rotatable bonds is 7. The maximum atomic E-state index is 11.5. The van der Waals surface area contributed by atoms with Gasteiger partial charge in [-0.25, -0.2) is 0 Å². The first kappa shape index (κ1) is 20.0. The van der Waals surface area contributed by atoms with E-state index < -0.39 is 11.9 Å². The van der Waals surface area contributed by atoms with E-state index in [9.17, 15) is 9.90 Å². The van der Waals surface area contributed by atoms with Gasteiger partial charge >= 0.3 is 5.97 Å². The minimum absolute atomic E-state index is 0.394. The molecule has 4 rings (SSSR count). The fourth-order valence-corrected chi connectivity index (χ4v) is 4.07. The Morgan fingerprint density at radius 3 is 2.60 bits per heavy atom. The van der Waals surface area contributed by atoms with Crippen molar-refractivity contribution in [1.29, 1.82) is 0 Å². The Balaban J connectivity index is 1.44. The maximum Gasteiger partial charge on any atom is 0.310 e. The van der Waals surface area contributed by atoms with E-state index in [1.807, 2.05) is 43.3 Å². The summed E-state index contributed by atoms with van der Waals surface area (Å²) in [6.45, 7) is 3.09. The molecule has 4 nitrogen and oxygen atoms in total. The van der Waals surface area contributed by atoms with Crippen molar-refractivity contribution in [3.05, 3.63) is 83.4 Å². The quantitative estimate of drug-likeness (QED) is 0.540. The zero-order valence-electron chi connectivity index (χ0n) is 17.1. The number of aliphatic carboxylic acids is 1. The molecule has 0 fully saturated rings. The molecule has 0 radical (unpaired) electrons. The number of carboxylic acids is 1. The van der Waals surface area contributed by atoms with Crippen LogP contribution in [0.1, 0.15) is 42.4 Å². The van der Waals surface area contributed by atoms with E-state index in [4.69, 9.17) is 9.47 Å². The smallest absolute Gasteiger partial charge is 0.310 e. The number of hydrogen-bond acceptors (Lipinski definition) is 3. The van der Waals surface area contributed by atoms with Crippen molar-refractivity contribution in [2.45, 2.75) is 38.7 Å². The number of carboxylic acid groups (broad SMARTS) is 1. The molecule has 0 bridgehead atoms. The average molecular weight is 402 g/mol. The Morgan fingerprint density at radius 2 is 1.83 bits per heavy atom. The number of carbonyl (C=O) groups is 1. The second-order valence-electron chi connectivity index (χ2n) is 7.56. The van der Waals surface area contributed by atoms with E-state index in [0.29, 0.717) is 19.6 Å². The molecule has 1 atom stereocenters. The molecule has 0 saturated heterocycles. The monoisotopic (exact) mass is 402 g/mol.